The molecular weight excluding hydrogens is 222 g/mol. The summed E-state index contributed by atoms with van der Waals surface area (Å²) < 4.78 is 0. The van der Waals surface area contributed by atoms with Gasteiger partial charge in [0.25, 0.3) is 0 Å². The number of aliphatic hydroxyl groups is 1. The van der Waals surface area contributed by atoms with Crippen LogP contribution in [-0.4, -0.2) is 45.7 Å². The Bertz CT molecular complexity index is 340. The molecule has 96 valence electrons. The predicted octanol–water partition coefficient (Wildman–Crippen LogP) is 0.615. The zero-order chi connectivity index (χ0) is 12.7. The molecule has 1 aliphatic carbocycles. The van der Waals surface area contributed by atoms with Crippen LogP contribution in [0.3, 0.4) is 0 Å². The number of amides is 1. The lowest BCUT2D eigenvalue weighted by atomic mass is 9.88. The molecule has 1 saturated carbocycles. The molecule has 2 fully saturated rings. The Balaban J connectivity index is 1.98. The maximum atomic E-state index is 12.1. The zero-order valence-electron chi connectivity index (χ0n) is 10.1. The fourth-order valence-electron chi connectivity index (χ4n) is 2.43. The van der Waals surface area contributed by atoms with Crippen LogP contribution in [0.1, 0.15) is 39.0 Å². The van der Waals surface area contributed by atoms with Crippen molar-refractivity contribution >= 4 is 11.9 Å². The maximum Gasteiger partial charge on any atom is 0.319 e. The smallest absolute Gasteiger partial charge is 0.319 e. The molecule has 2 aliphatic rings. The van der Waals surface area contributed by atoms with Crippen LogP contribution < -0.4 is 0 Å². The number of carbonyl (C=O) groups excluding carboxylic acids is 1. The van der Waals surface area contributed by atoms with Crippen LogP contribution in [-0.2, 0) is 9.59 Å². The summed E-state index contributed by atoms with van der Waals surface area (Å²) in [6.45, 7) is 2.87. The molecule has 0 aromatic rings. The molecule has 0 aromatic carbocycles. The van der Waals surface area contributed by atoms with Crippen molar-refractivity contribution in [3.63, 3.8) is 0 Å². The standard InChI is InChI=1S/C12H19NO4/c1-2-11(17)5-7-13(8-6-11)9(14)12(3-4-12)10(15)16/h17H,2-8H2,1H3,(H,15,16). The number of likely N-dealkylation sites (tertiary alicyclic amines) is 1. The van der Waals surface area contributed by atoms with Gasteiger partial charge in [0.1, 0.15) is 5.41 Å². The number of hydrogen-bond donors (Lipinski definition) is 2. The number of carboxylic acid groups (broad SMARTS) is 1. The van der Waals surface area contributed by atoms with Crippen LogP contribution >= 0.6 is 0 Å². The van der Waals surface area contributed by atoms with E-state index >= 15 is 0 Å². The van der Waals surface area contributed by atoms with E-state index in [1.165, 1.54) is 0 Å². The van der Waals surface area contributed by atoms with Gasteiger partial charge in [0.2, 0.25) is 5.91 Å². The summed E-state index contributed by atoms with van der Waals surface area (Å²) in [5, 5.41) is 19.1. The van der Waals surface area contributed by atoms with E-state index in [0.717, 1.165) is 0 Å². The normalized spacial score (nSPS) is 25.4. The lowest BCUT2D eigenvalue weighted by molar-refractivity contribution is -0.155. The summed E-state index contributed by atoms with van der Waals surface area (Å²) in [5.74, 6) is -1.26. The minimum atomic E-state index is -1.14. The van der Waals surface area contributed by atoms with Crippen molar-refractivity contribution in [1.29, 1.82) is 0 Å². The second kappa shape index (κ2) is 3.98. The van der Waals surface area contributed by atoms with E-state index in [-0.39, 0.29) is 5.91 Å². The number of hydrogen-bond acceptors (Lipinski definition) is 3. The highest BCUT2D eigenvalue weighted by atomic mass is 16.4. The lowest BCUT2D eigenvalue weighted by Crippen LogP contribution is -2.49. The van der Waals surface area contributed by atoms with Gasteiger partial charge in [-0.05, 0) is 32.1 Å². The molecule has 5 heteroatoms. The monoisotopic (exact) mass is 241 g/mol. The molecule has 17 heavy (non-hydrogen) atoms. The number of carboxylic acids is 1. The fourth-order valence-corrected chi connectivity index (χ4v) is 2.43. The minimum Gasteiger partial charge on any atom is -0.480 e. The molecule has 2 rings (SSSR count). The van der Waals surface area contributed by atoms with Gasteiger partial charge in [-0.3, -0.25) is 9.59 Å². The molecule has 0 spiro atoms. The van der Waals surface area contributed by atoms with E-state index < -0.39 is 17.0 Å². The van der Waals surface area contributed by atoms with E-state index in [1.54, 1.807) is 4.90 Å². The molecule has 0 aromatic heterocycles. The van der Waals surface area contributed by atoms with Crippen molar-refractivity contribution in [2.24, 2.45) is 5.41 Å². The van der Waals surface area contributed by atoms with Crippen LogP contribution in [0.25, 0.3) is 0 Å². The number of nitrogens with zero attached hydrogens (tertiary/aromatic N) is 1. The molecule has 1 aliphatic heterocycles. The number of aliphatic carboxylic acids is 1. The van der Waals surface area contributed by atoms with Crippen molar-refractivity contribution in [2.45, 2.75) is 44.6 Å². The van der Waals surface area contributed by atoms with Crippen molar-refractivity contribution in [3.8, 4) is 0 Å². The molecule has 2 N–H and O–H groups in total. The van der Waals surface area contributed by atoms with Gasteiger partial charge in [0.05, 0.1) is 5.60 Å². The number of carbonyl (C=O) groups is 2. The highest BCUT2D eigenvalue weighted by Crippen LogP contribution is 2.48. The molecule has 5 nitrogen and oxygen atoms in total. The second-order valence-electron chi connectivity index (χ2n) is 5.26. The SMILES string of the molecule is CCC1(O)CCN(C(=O)C2(C(=O)O)CC2)CC1. The molecule has 0 unspecified atom stereocenters. The van der Waals surface area contributed by atoms with Crippen LogP contribution in [0, 0.1) is 5.41 Å². The third-order valence-corrected chi connectivity index (χ3v) is 4.21. The molecule has 0 atom stereocenters. The topological polar surface area (TPSA) is 77.8 Å². The van der Waals surface area contributed by atoms with Crippen LogP contribution in [0.15, 0.2) is 0 Å². The van der Waals surface area contributed by atoms with Gasteiger partial charge in [-0.25, -0.2) is 0 Å². The molecule has 0 radical (unpaired) electrons. The molecule has 1 amide bonds. The largest absolute Gasteiger partial charge is 0.480 e. The van der Waals surface area contributed by atoms with Crippen molar-refractivity contribution < 1.29 is 19.8 Å². The van der Waals surface area contributed by atoms with E-state index in [1.807, 2.05) is 6.92 Å². The van der Waals surface area contributed by atoms with E-state index in [4.69, 9.17) is 5.11 Å². The summed E-state index contributed by atoms with van der Waals surface area (Å²) in [5.41, 5.74) is -1.81. The summed E-state index contributed by atoms with van der Waals surface area (Å²) in [6, 6.07) is 0. The average Bonchev–Trinajstić information content (AvgIpc) is 3.10. The van der Waals surface area contributed by atoms with Crippen molar-refractivity contribution in [1.82, 2.24) is 4.90 Å². The highest BCUT2D eigenvalue weighted by molar-refractivity contribution is 6.04. The summed E-state index contributed by atoms with van der Waals surface area (Å²) in [4.78, 5) is 24.7. The lowest BCUT2D eigenvalue weighted by Gasteiger charge is -2.38. The van der Waals surface area contributed by atoms with Crippen molar-refractivity contribution in [3.05, 3.63) is 0 Å². The molecule has 1 saturated heterocycles. The Hall–Kier alpha value is -1.10. The van der Waals surface area contributed by atoms with Crippen LogP contribution in [0.4, 0.5) is 0 Å². The Morgan fingerprint density at radius 1 is 1.18 bits per heavy atom. The van der Waals surface area contributed by atoms with E-state index in [0.29, 0.717) is 45.2 Å². The summed E-state index contributed by atoms with van der Waals surface area (Å²) in [6.07, 6.45) is 2.68. The molecular formula is C12H19NO4. The van der Waals surface area contributed by atoms with E-state index in [9.17, 15) is 14.7 Å². The van der Waals surface area contributed by atoms with Gasteiger partial charge < -0.3 is 15.1 Å². The quantitative estimate of drug-likeness (QED) is 0.710. The van der Waals surface area contributed by atoms with Gasteiger partial charge in [-0.1, -0.05) is 6.92 Å². The first-order valence-corrected chi connectivity index (χ1v) is 6.19. The second-order valence-corrected chi connectivity index (χ2v) is 5.26. The summed E-state index contributed by atoms with van der Waals surface area (Å²) >= 11 is 0. The first kappa shape index (κ1) is 12.4. The third-order valence-electron chi connectivity index (χ3n) is 4.21. The number of piperidine rings is 1. The fraction of sp³-hybridized carbons (Fsp3) is 0.833. The van der Waals surface area contributed by atoms with Gasteiger partial charge in [0, 0.05) is 13.1 Å². The maximum absolute atomic E-state index is 12.1. The Kier molecular flexibility index (Phi) is 2.89. The third kappa shape index (κ3) is 2.04. The van der Waals surface area contributed by atoms with Crippen LogP contribution in [0.2, 0.25) is 0 Å². The van der Waals surface area contributed by atoms with Crippen LogP contribution in [0.5, 0.6) is 0 Å². The molecule has 1 heterocycles. The summed E-state index contributed by atoms with van der Waals surface area (Å²) in [7, 11) is 0. The van der Waals surface area contributed by atoms with E-state index in [2.05, 4.69) is 0 Å². The van der Waals surface area contributed by atoms with Gasteiger partial charge in [-0.15, -0.1) is 0 Å². The van der Waals surface area contributed by atoms with Crippen molar-refractivity contribution in [2.75, 3.05) is 13.1 Å². The average molecular weight is 241 g/mol. The van der Waals surface area contributed by atoms with Gasteiger partial charge in [-0.2, -0.15) is 0 Å². The number of rotatable bonds is 3. The highest BCUT2D eigenvalue weighted by Gasteiger charge is 2.58. The first-order chi connectivity index (χ1) is 7.93. The predicted molar refractivity (Wildman–Crippen MR) is 60.4 cm³/mol. The Morgan fingerprint density at radius 3 is 2.06 bits per heavy atom. The van der Waals surface area contributed by atoms with Gasteiger partial charge >= 0.3 is 5.97 Å². The Labute approximate surface area is 100 Å². The zero-order valence-corrected chi connectivity index (χ0v) is 10.1. The van der Waals surface area contributed by atoms with Gasteiger partial charge in [0.15, 0.2) is 0 Å². The molecule has 0 bridgehead atoms. The first-order valence-electron chi connectivity index (χ1n) is 6.19. The Morgan fingerprint density at radius 2 is 1.71 bits per heavy atom. The minimum absolute atomic E-state index is 0.261.